The Labute approximate surface area is 160 Å². The van der Waals surface area contributed by atoms with Crippen LogP contribution in [0.1, 0.15) is 32.3 Å². The van der Waals surface area contributed by atoms with E-state index in [1.54, 1.807) is 24.3 Å². The second-order valence-electron chi connectivity index (χ2n) is 6.92. The molecule has 0 saturated carbocycles. The molecule has 0 spiro atoms. The van der Waals surface area contributed by atoms with E-state index in [9.17, 15) is 9.59 Å². The number of nitrogens with zero attached hydrogens (tertiary/aromatic N) is 1. The highest BCUT2D eigenvalue weighted by Crippen LogP contribution is 2.25. The Morgan fingerprint density at radius 3 is 2.48 bits per heavy atom. The first-order chi connectivity index (χ1) is 13.1. The van der Waals surface area contributed by atoms with Gasteiger partial charge in [0.25, 0.3) is 5.91 Å². The zero-order chi connectivity index (χ0) is 19.2. The van der Waals surface area contributed by atoms with Crippen molar-refractivity contribution in [1.29, 1.82) is 0 Å². The third-order valence-electron chi connectivity index (χ3n) is 4.58. The third-order valence-corrected chi connectivity index (χ3v) is 4.58. The van der Waals surface area contributed by atoms with Crippen molar-refractivity contribution in [2.24, 2.45) is 0 Å². The minimum Gasteiger partial charge on any atom is -0.494 e. The quantitative estimate of drug-likeness (QED) is 0.728. The van der Waals surface area contributed by atoms with Crippen LogP contribution in [-0.2, 0) is 16.0 Å². The lowest BCUT2D eigenvalue weighted by Crippen LogP contribution is -2.43. The summed E-state index contributed by atoms with van der Waals surface area (Å²) in [4.78, 5) is 26.5. The SMILES string of the molecule is CCCOc1ccc(N2C(=O)C[C@H](N[C@@H](C)Cc3ccccc3)C2=O)cc1. The number of hydrogen-bond acceptors (Lipinski definition) is 4. The summed E-state index contributed by atoms with van der Waals surface area (Å²) in [6.07, 6.45) is 1.92. The van der Waals surface area contributed by atoms with Gasteiger partial charge in [-0.2, -0.15) is 0 Å². The van der Waals surface area contributed by atoms with Crippen molar-refractivity contribution in [3.05, 3.63) is 60.2 Å². The van der Waals surface area contributed by atoms with Crippen molar-refractivity contribution < 1.29 is 14.3 Å². The van der Waals surface area contributed by atoms with Crippen molar-refractivity contribution in [3.63, 3.8) is 0 Å². The van der Waals surface area contributed by atoms with E-state index in [2.05, 4.69) is 17.4 Å². The van der Waals surface area contributed by atoms with E-state index in [0.29, 0.717) is 12.3 Å². The molecule has 2 aromatic rings. The van der Waals surface area contributed by atoms with Gasteiger partial charge in [0.15, 0.2) is 0 Å². The fourth-order valence-electron chi connectivity index (χ4n) is 3.31. The molecule has 0 unspecified atom stereocenters. The molecule has 2 amide bonds. The Kier molecular flexibility index (Phi) is 6.24. The Balaban J connectivity index is 1.62. The van der Waals surface area contributed by atoms with Gasteiger partial charge in [-0.15, -0.1) is 0 Å². The molecule has 1 heterocycles. The number of amides is 2. The zero-order valence-electron chi connectivity index (χ0n) is 15.9. The van der Waals surface area contributed by atoms with Gasteiger partial charge in [0.1, 0.15) is 5.75 Å². The van der Waals surface area contributed by atoms with Crippen molar-refractivity contribution in [2.75, 3.05) is 11.5 Å². The molecule has 0 bridgehead atoms. The Hall–Kier alpha value is -2.66. The molecule has 2 aromatic carbocycles. The van der Waals surface area contributed by atoms with Crippen LogP contribution in [0.2, 0.25) is 0 Å². The zero-order valence-corrected chi connectivity index (χ0v) is 15.9. The van der Waals surface area contributed by atoms with Crippen LogP contribution in [-0.4, -0.2) is 30.5 Å². The molecule has 1 aliphatic rings. The predicted octanol–water partition coefficient (Wildman–Crippen LogP) is 3.33. The average Bonchev–Trinajstić information content (AvgIpc) is 2.94. The van der Waals surface area contributed by atoms with Gasteiger partial charge in [-0.05, 0) is 49.6 Å². The summed E-state index contributed by atoms with van der Waals surface area (Å²) < 4.78 is 5.56. The van der Waals surface area contributed by atoms with Gasteiger partial charge in [0.05, 0.1) is 24.8 Å². The van der Waals surface area contributed by atoms with Gasteiger partial charge >= 0.3 is 0 Å². The second-order valence-corrected chi connectivity index (χ2v) is 6.92. The van der Waals surface area contributed by atoms with Crippen molar-refractivity contribution in [1.82, 2.24) is 5.32 Å². The monoisotopic (exact) mass is 366 g/mol. The summed E-state index contributed by atoms with van der Waals surface area (Å²) in [6.45, 7) is 4.72. The molecule has 5 nitrogen and oxygen atoms in total. The Morgan fingerprint density at radius 2 is 1.81 bits per heavy atom. The van der Waals surface area contributed by atoms with Gasteiger partial charge in [-0.1, -0.05) is 37.3 Å². The van der Waals surface area contributed by atoms with Gasteiger partial charge in [-0.25, -0.2) is 4.90 Å². The van der Waals surface area contributed by atoms with Crippen LogP contribution in [0.15, 0.2) is 54.6 Å². The van der Waals surface area contributed by atoms with Gasteiger partial charge < -0.3 is 10.1 Å². The van der Waals surface area contributed by atoms with Crippen molar-refractivity contribution >= 4 is 17.5 Å². The molecule has 0 radical (unpaired) electrons. The molecule has 2 atom stereocenters. The molecule has 1 aliphatic heterocycles. The number of anilines is 1. The van der Waals surface area contributed by atoms with Crippen molar-refractivity contribution in [2.45, 2.75) is 45.2 Å². The number of benzene rings is 2. The van der Waals surface area contributed by atoms with Gasteiger partial charge in [0.2, 0.25) is 5.91 Å². The van der Waals surface area contributed by atoms with Crippen LogP contribution in [0.25, 0.3) is 0 Å². The Morgan fingerprint density at radius 1 is 1.11 bits per heavy atom. The lowest BCUT2D eigenvalue weighted by atomic mass is 10.1. The molecular weight excluding hydrogens is 340 g/mol. The van der Waals surface area contributed by atoms with Gasteiger partial charge in [0, 0.05) is 6.04 Å². The van der Waals surface area contributed by atoms with E-state index in [0.717, 1.165) is 18.6 Å². The highest BCUT2D eigenvalue weighted by Gasteiger charge is 2.39. The summed E-state index contributed by atoms with van der Waals surface area (Å²) in [7, 11) is 0. The number of rotatable bonds is 8. The van der Waals surface area contributed by atoms with Crippen LogP contribution in [0.3, 0.4) is 0 Å². The highest BCUT2D eigenvalue weighted by molar-refractivity contribution is 6.22. The number of nitrogens with one attached hydrogen (secondary N) is 1. The summed E-state index contributed by atoms with van der Waals surface area (Å²) in [5.74, 6) is 0.375. The van der Waals surface area contributed by atoms with E-state index in [1.807, 2.05) is 32.0 Å². The highest BCUT2D eigenvalue weighted by atomic mass is 16.5. The summed E-state index contributed by atoms with van der Waals surface area (Å²) in [6, 6.07) is 16.8. The predicted molar refractivity (Wildman–Crippen MR) is 106 cm³/mol. The molecule has 1 fully saturated rings. The fraction of sp³-hybridized carbons (Fsp3) is 0.364. The molecule has 5 heteroatoms. The third kappa shape index (κ3) is 4.74. The smallest absolute Gasteiger partial charge is 0.251 e. The van der Waals surface area contributed by atoms with E-state index in [-0.39, 0.29) is 24.3 Å². The number of hydrogen-bond donors (Lipinski definition) is 1. The second kappa shape index (κ2) is 8.82. The van der Waals surface area contributed by atoms with Crippen LogP contribution in [0.4, 0.5) is 5.69 Å². The topological polar surface area (TPSA) is 58.6 Å². The van der Waals surface area contributed by atoms with Crippen LogP contribution < -0.4 is 15.0 Å². The summed E-state index contributed by atoms with van der Waals surface area (Å²) in [5.41, 5.74) is 1.79. The van der Waals surface area contributed by atoms with Crippen molar-refractivity contribution in [3.8, 4) is 5.75 Å². The molecule has 27 heavy (non-hydrogen) atoms. The maximum absolute atomic E-state index is 12.8. The summed E-state index contributed by atoms with van der Waals surface area (Å²) >= 11 is 0. The maximum Gasteiger partial charge on any atom is 0.251 e. The van der Waals surface area contributed by atoms with Gasteiger partial charge in [-0.3, -0.25) is 9.59 Å². The van der Waals surface area contributed by atoms with Crippen LogP contribution in [0.5, 0.6) is 5.75 Å². The maximum atomic E-state index is 12.8. The molecule has 1 saturated heterocycles. The number of carbonyl (C=O) groups excluding carboxylic acids is 2. The van der Waals surface area contributed by atoms with E-state index in [1.165, 1.54) is 10.5 Å². The number of imide groups is 1. The largest absolute Gasteiger partial charge is 0.494 e. The average molecular weight is 366 g/mol. The normalized spacial score (nSPS) is 18.0. The lowest BCUT2D eigenvalue weighted by molar-refractivity contribution is -0.121. The number of ether oxygens (including phenoxy) is 1. The molecule has 0 aliphatic carbocycles. The molecule has 0 aromatic heterocycles. The first-order valence-corrected chi connectivity index (χ1v) is 9.48. The molecular formula is C22H26N2O3. The minimum atomic E-state index is -0.479. The molecule has 3 rings (SSSR count). The minimum absolute atomic E-state index is 0.0962. The lowest BCUT2D eigenvalue weighted by Gasteiger charge is -2.19. The fourth-order valence-corrected chi connectivity index (χ4v) is 3.31. The van der Waals surface area contributed by atoms with E-state index < -0.39 is 6.04 Å². The Bertz CT molecular complexity index is 774. The van der Waals surface area contributed by atoms with E-state index in [4.69, 9.17) is 4.74 Å². The standard InChI is InChI=1S/C22H26N2O3/c1-3-13-27-19-11-9-18(10-12-19)24-21(25)15-20(22(24)26)23-16(2)14-17-7-5-4-6-8-17/h4-12,16,20,23H,3,13-15H2,1-2H3/t16-,20-/m0/s1. The van der Waals surface area contributed by atoms with E-state index >= 15 is 0 Å². The molecule has 1 N–H and O–H groups in total. The summed E-state index contributed by atoms with van der Waals surface area (Å²) in [5, 5.41) is 3.31. The first kappa shape index (κ1) is 19.1. The van der Waals surface area contributed by atoms with Crippen LogP contribution in [0, 0.1) is 0 Å². The first-order valence-electron chi connectivity index (χ1n) is 9.48. The number of carbonyl (C=O) groups is 2. The molecule has 142 valence electrons. The van der Waals surface area contributed by atoms with Crippen LogP contribution >= 0.6 is 0 Å².